The largest absolute Gasteiger partial charge is 0.480 e. The lowest BCUT2D eigenvalue weighted by molar-refractivity contribution is -0.141. The lowest BCUT2D eigenvalue weighted by Crippen LogP contribution is -2.48. The molecule has 0 bridgehead atoms. The topological polar surface area (TPSA) is 155 Å². The Bertz CT molecular complexity index is 1300. The molecule has 2 aromatic rings. The number of nitrogens with one attached hydrogen (secondary N) is 1. The molecule has 0 heterocycles. The Labute approximate surface area is 251 Å². The minimum Gasteiger partial charge on any atom is -0.480 e. The van der Waals surface area contributed by atoms with Crippen LogP contribution in [0, 0.1) is 17.8 Å². The highest BCUT2D eigenvalue weighted by Gasteiger charge is 2.37. The number of hydrogen-bond acceptors (Lipinski definition) is 9. The van der Waals surface area contributed by atoms with Crippen molar-refractivity contribution < 1.29 is 48.0 Å². The highest BCUT2D eigenvalue weighted by molar-refractivity contribution is 5.89. The molecule has 0 aliphatic heterocycles. The highest BCUT2D eigenvalue weighted by Crippen LogP contribution is 2.37. The van der Waals surface area contributed by atoms with Gasteiger partial charge in [-0.25, -0.2) is 14.4 Å². The Balaban J connectivity index is 2.57. The second kappa shape index (κ2) is 15.2. The molecule has 2 unspecified atom stereocenters. The number of amides is 1. The molecular formula is C32H41NO10. The van der Waals surface area contributed by atoms with E-state index in [1.807, 2.05) is 0 Å². The maximum atomic E-state index is 12.7. The van der Waals surface area contributed by atoms with Gasteiger partial charge in [0, 0.05) is 5.92 Å². The molecule has 11 nitrogen and oxygen atoms in total. The van der Waals surface area contributed by atoms with E-state index in [1.165, 1.54) is 18.2 Å². The maximum Gasteiger partial charge on any atom is 0.408 e. The summed E-state index contributed by atoms with van der Waals surface area (Å²) in [4.78, 5) is 62.8. The van der Waals surface area contributed by atoms with Gasteiger partial charge in [0.2, 0.25) is 0 Å². The predicted octanol–water partition coefficient (Wildman–Crippen LogP) is 5.36. The van der Waals surface area contributed by atoms with Crippen molar-refractivity contribution in [3.05, 3.63) is 59.7 Å². The van der Waals surface area contributed by atoms with Gasteiger partial charge < -0.3 is 29.4 Å². The number of aliphatic carboxylic acids is 1. The fourth-order valence-corrected chi connectivity index (χ4v) is 3.91. The van der Waals surface area contributed by atoms with Crippen molar-refractivity contribution in [2.45, 2.75) is 73.0 Å². The molecule has 234 valence electrons. The summed E-state index contributed by atoms with van der Waals surface area (Å²) in [6.07, 6.45) is -0.965. The maximum absolute atomic E-state index is 12.7. The average Bonchev–Trinajstić information content (AvgIpc) is 2.91. The molecule has 0 saturated carbocycles. The smallest absolute Gasteiger partial charge is 0.408 e. The van der Waals surface area contributed by atoms with Gasteiger partial charge in [-0.15, -0.1) is 0 Å². The van der Waals surface area contributed by atoms with Gasteiger partial charge in [0.1, 0.15) is 11.6 Å². The van der Waals surface area contributed by atoms with Gasteiger partial charge in [-0.2, -0.15) is 0 Å². The fraction of sp³-hybridized carbons (Fsp3) is 0.469. The highest BCUT2D eigenvalue weighted by atomic mass is 16.6. The molecule has 0 radical (unpaired) electrons. The second-order valence-electron chi connectivity index (χ2n) is 11.8. The van der Waals surface area contributed by atoms with Crippen molar-refractivity contribution in [3.63, 3.8) is 0 Å². The Hall–Kier alpha value is -4.41. The van der Waals surface area contributed by atoms with Crippen molar-refractivity contribution in [2.24, 2.45) is 17.8 Å². The molecule has 11 heteroatoms. The SMILES string of the molecule is CC(C)C(=O)Oc1ccc(C(C(C)COC(=O)c2ccccc2)[C@H](NC(=O)OC(C)(C)C)C(=O)O)cc1OC(=O)C(C)C. The van der Waals surface area contributed by atoms with Crippen LogP contribution < -0.4 is 14.8 Å². The number of benzene rings is 2. The summed E-state index contributed by atoms with van der Waals surface area (Å²) in [5.74, 6) is -6.03. The van der Waals surface area contributed by atoms with Crippen LogP contribution in [0.2, 0.25) is 0 Å². The van der Waals surface area contributed by atoms with E-state index < -0.39 is 65.3 Å². The van der Waals surface area contributed by atoms with Crippen LogP contribution in [0.15, 0.2) is 48.5 Å². The first-order valence-corrected chi connectivity index (χ1v) is 14.0. The molecular weight excluding hydrogens is 558 g/mol. The Kier molecular flexibility index (Phi) is 12.3. The van der Waals surface area contributed by atoms with Crippen LogP contribution >= 0.6 is 0 Å². The van der Waals surface area contributed by atoms with E-state index in [2.05, 4.69) is 5.32 Å². The zero-order valence-electron chi connectivity index (χ0n) is 25.8. The molecule has 1 amide bonds. The van der Waals surface area contributed by atoms with Crippen molar-refractivity contribution in [3.8, 4) is 11.5 Å². The summed E-state index contributed by atoms with van der Waals surface area (Å²) in [6, 6.07) is 11.0. The molecule has 0 spiro atoms. The number of alkyl carbamates (subject to hydrolysis) is 1. The van der Waals surface area contributed by atoms with Crippen molar-refractivity contribution >= 4 is 30.0 Å². The molecule has 0 aliphatic carbocycles. The minimum atomic E-state index is -1.56. The Morgan fingerprint density at radius 2 is 1.37 bits per heavy atom. The molecule has 2 aromatic carbocycles. The van der Waals surface area contributed by atoms with Gasteiger partial charge >= 0.3 is 30.0 Å². The molecule has 0 saturated heterocycles. The summed E-state index contributed by atoms with van der Waals surface area (Å²) in [7, 11) is 0. The third kappa shape index (κ3) is 10.7. The second-order valence-corrected chi connectivity index (χ2v) is 11.8. The van der Waals surface area contributed by atoms with E-state index >= 15 is 0 Å². The van der Waals surface area contributed by atoms with Gasteiger partial charge in [-0.1, -0.05) is 58.9 Å². The first-order valence-electron chi connectivity index (χ1n) is 14.0. The Morgan fingerprint density at radius 1 is 0.814 bits per heavy atom. The zero-order chi connectivity index (χ0) is 32.5. The van der Waals surface area contributed by atoms with Crippen LogP contribution in [0.5, 0.6) is 11.5 Å². The van der Waals surface area contributed by atoms with Crippen LogP contribution in [0.4, 0.5) is 4.79 Å². The fourth-order valence-electron chi connectivity index (χ4n) is 3.91. The summed E-state index contributed by atoms with van der Waals surface area (Å²) in [6.45, 7) is 12.9. The van der Waals surface area contributed by atoms with Crippen LogP contribution in [0.1, 0.15) is 77.2 Å². The zero-order valence-corrected chi connectivity index (χ0v) is 25.8. The van der Waals surface area contributed by atoms with Gasteiger partial charge in [-0.05, 0) is 56.5 Å². The minimum absolute atomic E-state index is 0.0367. The summed E-state index contributed by atoms with van der Waals surface area (Å²) < 4.78 is 21.8. The van der Waals surface area contributed by atoms with Gasteiger partial charge in [0.25, 0.3) is 0 Å². The van der Waals surface area contributed by atoms with Gasteiger partial charge in [0.15, 0.2) is 11.5 Å². The van der Waals surface area contributed by atoms with E-state index in [9.17, 15) is 29.1 Å². The van der Waals surface area contributed by atoms with Gasteiger partial charge in [-0.3, -0.25) is 9.59 Å². The summed E-state index contributed by atoms with van der Waals surface area (Å²) >= 11 is 0. The summed E-state index contributed by atoms with van der Waals surface area (Å²) in [5.41, 5.74) is -0.283. The quantitative estimate of drug-likeness (QED) is 0.240. The number of carboxylic acids is 1. The normalized spacial score (nSPS) is 13.4. The number of carboxylic acid groups (broad SMARTS) is 1. The lowest BCUT2D eigenvalue weighted by atomic mass is 9.81. The predicted molar refractivity (Wildman–Crippen MR) is 157 cm³/mol. The van der Waals surface area contributed by atoms with Gasteiger partial charge in [0.05, 0.1) is 24.0 Å². The number of hydrogen-bond donors (Lipinski definition) is 2. The molecule has 2 rings (SSSR count). The lowest BCUT2D eigenvalue weighted by Gasteiger charge is -2.31. The standard InChI is InChI=1S/C32H41NO10/c1-18(2)28(36)41-23-15-14-22(16-24(23)42-29(37)19(3)4)25(26(27(34)35)33-31(39)43-32(6,7)8)20(5)17-40-30(38)21-12-10-9-11-13-21/h9-16,18-20,25-26H,17H2,1-8H3,(H,33,39)(H,34,35)/t20?,25?,26-/m0/s1. The van der Waals surface area contributed by atoms with Crippen LogP contribution in [-0.4, -0.2) is 53.3 Å². The number of carbonyl (C=O) groups is 5. The molecule has 0 aromatic heterocycles. The van der Waals surface area contributed by atoms with E-state index in [0.29, 0.717) is 11.1 Å². The van der Waals surface area contributed by atoms with Crippen molar-refractivity contribution in [1.82, 2.24) is 5.32 Å². The third-order valence-electron chi connectivity index (χ3n) is 6.11. The van der Waals surface area contributed by atoms with Crippen LogP contribution in [-0.2, 0) is 23.9 Å². The number of ether oxygens (including phenoxy) is 4. The molecule has 2 N–H and O–H groups in total. The van der Waals surface area contributed by atoms with Crippen molar-refractivity contribution in [2.75, 3.05) is 6.61 Å². The molecule has 0 aliphatic rings. The Morgan fingerprint density at radius 3 is 1.88 bits per heavy atom. The third-order valence-corrected chi connectivity index (χ3v) is 6.11. The molecule has 0 fully saturated rings. The monoisotopic (exact) mass is 599 g/mol. The van der Waals surface area contributed by atoms with Crippen LogP contribution in [0.3, 0.4) is 0 Å². The first kappa shape index (κ1) is 34.8. The molecule has 3 atom stereocenters. The number of rotatable bonds is 12. The van der Waals surface area contributed by atoms with Crippen molar-refractivity contribution in [1.29, 1.82) is 0 Å². The van der Waals surface area contributed by atoms with E-state index in [1.54, 1.807) is 85.7 Å². The molecule has 43 heavy (non-hydrogen) atoms. The summed E-state index contributed by atoms with van der Waals surface area (Å²) in [5, 5.41) is 12.7. The average molecular weight is 600 g/mol. The number of carbonyl (C=O) groups excluding carboxylic acids is 4. The van der Waals surface area contributed by atoms with Crippen LogP contribution in [0.25, 0.3) is 0 Å². The first-order chi connectivity index (χ1) is 20.0. The van der Waals surface area contributed by atoms with E-state index in [0.717, 1.165) is 0 Å². The number of esters is 3. The van der Waals surface area contributed by atoms with E-state index in [4.69, 9.17) is 18.9 Å². The van der Waals surface area contributed by atoms with E-state index in [-0.39, 0.29) is 18.1 Å².